The maximum absolute atomic E-state index is 5.16. The summed E-state index contributed by atoms with van der Waals surface area (Å²) in [6, 6.07) is 75.6. The summed E-state index contributed by atoms with van der Waals surface area (Å²) in [4.78, 5) is 12.6. The molecule has 1 aliphatic rings. The van der Waals surface area contributed by atoms with Gasteiger partial charge in [0.1, 0.15) is 0 Å². The minimum absolute atomic E-state index is 0.256. The van der Waals surface area contributed by atoms with Gasteiger partial charge >= 0.3 is 0 Å². The first kappa shape index (κ1) is 35.1. The molecule has 8 aromatic carbocycles. The lowest BCUT2D eigenvalue weighted by Gasteiger charge is -2.28. The van der Waals surface area contributed by atoms with Crippen molar-refractivity contribution in [1.29, 1.82) is 0 Å². The molecule has 1 heterocycles. The summed E-state index contributed by atoms with van der Waals surface area (Å²) in [7, 11) is 0. The van der Waals surface area contributed by atoms with Gasteiger partial charge in [-0.3, -0.25) is 0 Å². The van der Waals surface area contributed by atoms with Crippen LogP contribution in [0.25, 0.3) is 67.3 Å². The number of hydrogen-bond acceptors (Lipinski definition) is 3. The van der Waals surface area contributed by atoms with Crippen LogP contribution in [0.15, 0.2) is 212 Å². The third-order valence-electron chi connectivity index (χ3n) is 11.5. The molecule has 10 rings (SSSR count). The molecule has 3 nitrogen and oxygen atoms in total. The Labute approximate surface area is 340 Å². The number of hydrogen-bond donors (Lipinski definition) is 0. The van der Waals surface area contributed by atoms with Crippen LogP contribution in [-0.4, -0.2) is 9.97 Å². The summed E-state index contributed by atoms with van der Waals surface area (Å²) < 4.78 is 0. The van der Waals surface area contributed by atoms with Crippen LogP contribution < -0.4 is 4.90 Å². The van der Waals surface area contributed by atoms with Gasteiger partial charge in [-0.15, -0.1) is 0 Å². The largest absolute Gasteiger partial charge is 0.310 e. The predicted molar refractivity (Wildman–Crippen MR) is 241 cm³/mol. The van der Waals surface area contributed by atoms with E-state index in [2.05, 4.69) is 207 Å². The lowest BCUT2D eigenvalue weighted by molar-refractivity contribution is 0.660. The van der Waals surface area contributed by atoms with Crippen molar-refractivity contribution in [2.24, 2.45) is 0 Å². The topological polar surface area (TPSA) is 29.0 Å². The highest BCUT2D eigenvalue weighted by molar-refractivity contribution is 5.88. The molecule has 3 heteroatoms. The van der Waals surface area contributed by atoms with E-state index in [-0.39, 0.29) is 5.41 Å². The number of fused-ring (bicyclic) bond motifs is 3. The maximum Gasteiger partial charge on any atom is 0.160 e. The van der Waals surface area contributed by atoms with Crippen LogP contribution in [0.2, 0.25) is 0 Å². The van der Waals surface area contributed by atoms with Crippen molar-refractivity contribution in [2.45, 2.75) is 19.3 Å². The third kappa shape index (κ3) is 6.47. The molecule has 0 amide bonds. The van der Waals surface area contributed by atoms with E-state index in [9.17, 15) is 0 Å². The Morgan fingerprint density at radius 3 is 1.22 bits per heavy atom. The van der Waals surface area contributed by atoms with Crippen molar-refractivity contribution in [3.8, 4) is 67.3 Å². The number of nitrogens with zero attached hydrogens (tertiary/aromatic N) is 3. The Morgan fingerprint density at radius 2 is 0.707 bits per heavy atom. The van der Waals surface area contributed by atoms with Crippen molar-refractivity contribution in [1.82, 2.24) is 9.97 Å². The molecular weight excluding hydrogens is 703 g/mol. The zero-order chi connectivity index (χ0) is 39.1. The average molecular weight is 744 g/mol. The van der Waals surface area contributed by atoms with E-state index in [1.165, 1.54) is 44.5 Å². The molecule has 9 aromatic rings. The summed E-state index contributed by atoms with van der Waals surface area (Å²) in [5.74, 6) is 0.721. The Hall–Kier alpha value is -7.36. The SMILES string of the molecule is CC1(C)c2cc(-c3cc(-c4ccccc4)nc(-c4ccccc4)n3)ccc2-c2ccc(N(c3ccc(-c4ccccc4)cc3)c3ccc(-c4ccccc4)cc3)cc21. The van der Waals surface area contributed by atoms with Crippen LogP contribution >= 0.6 is 0 Å². The molecular formula is C55H41N3. The minimum atomic E-state index is -0.256. The molecule has 0 aliphatic heterocycles. The van der Waals surface area contributed by atoms with Gasteiger partial charge in [-0.05, 0) is 93.0 Å². The minimum Gasteiger partial charge on any atom is -0.310 e. The van der Waals surface area contributed by atoms with Crippen molar-refractivity contribution in [3.05, 3.63) is 223 Å². The lowest BCUT2D eigenvalue weighted by atomic mass is 9.81. The van der Waals surface area contributed by atoms with Gasteiger partial charge in [-0.2, -0.15) is 0 Å². The van der Waals surface area contributed by atoms with Crippen molar-refractivity contribution < 1.29 is 0 Å². The fraction of sp³-hybridized carbons (Fsp3) is 0.0545. The zero-order valence-electron chi connectivity index (χ0n) is 32.5. The molecule has 0 saturated carbocycles. The highest BCUT2D eigenvalue weighted by atomic mass is 15.1. The highest BCUT2D eigenvalue weighted by Crippen LogP contribution is 2.52. The summed E-state index contributed by atoms with van der Waals surface area (Å²) in [6.45, 7) is 4.70. The van der Waals surface area contributed by atoms with Gasteiger partial charge < -0.3 is 4.90 Å². The van der Waals surface area contributed by atoms with E-state index in [0.29, 0.717) is 0 Å². The molecule has 0 radical (unpaired) electrons. The highest BCUT2D eigenvalue weighted by Gasteiger charge is 2.36. The molecule has 0 saturated heterocycles. The molecule has 1 aliphatic carbocycles. The average Bonchev–Trinajstić information content (AvgIpc) is 3.52. The molecule has 0 bridgehead atoms. The predicted octanol–water partition coefficient (Wildman–Crippen LogP) is 14.6. The van der Waals surface area contributed by atoms with E-state index in [4.69, 9.17) is 9.97 Å². The van der Waals surface area contributed by atoms with Gasteiger partial charge in [0.15, 0.2) is 5.82 Å². The van der Waals surface area contributed by atoms with Crippen LogP contribution in [0.4, 0.5) is 17.1 Å². The standard InChI is InChI=1S/C55H41N3/c1-55(2)50-35-44(53-37-52(42-19-11-5-12-20-42)56-54(57-53)43-21-13-6-14-22-43)27-33-48(50)49-34-32-47(36-51(49)55)58(45-28-23-40(24-29-45)38-15-7-3-8-16-38)46-30-25-41(26-31-46)39-17-9-4-10-18-39/h3-37H,1-2H3. The van der Waals surface area contributed by atoms with Crippen LogP contribution in [0.3, 0.4) is 0 Å². The van der Waals surface area contributed by atoms with E-state index in [1.807, 2.05) is 24.3 Å². The zero-order valence-corrected chi connectivity index (χ0v) is 32.5. The van der Waals surface area contributed by atoms with Gasteiger partial charge in [-0.25, -0.2) is 9.97 Å². The fourth-order valence-electron chi connectivity index (χ4n) is 8.41. The van der Waals surface area contributed by atoms with Gasteiger partial charge in [-0.1, -0.05) is 178 Å². The Morgan fingerprint density at radius 1 is 0.328 bits per heavy atom. The molecule has 0 atom stereocenters. The summed E-state index contributed by atoms with van der Waals surface area (Å²) >= 11 is 0. The van der Waals surface area contributed by atoms with Gasteiger partial charge in [0.25, 0.3) is 0 Å². The molecule has 0 fully saturated rings. The van der Waals surface area contributed by atoms with Crippen molar-refractivity contribution >= 4 is 17.1 Å². The number of rotatable bonds is 8. The summed E-state index contributed by atoms with van der Waals surface area (Å²) in [5, 5.41) is 0. The third-order valence-corrected chi connectivity index (χ3v) is 11.5. The van der Waals surface area contributed by atoms with E-state index < -0.39 is 0 Å². The fourth-order valence-corrected chi connectivity index (χ4v) is 8.41. The van der Waals surface area contributed by atoms with Crippen LogP contribution in [0, 0.1) is 0 Å². The van der Waals surface area contributed by atoms with Crippen LogP contribution in [-0.2, 0) is 5.41 Å². The summed E-state index contributed by atoms with van der Waals surface area (Å²) in [6.07, 6.45) is 0. The van der Waals surface area contributed by atoms with Gasteiger partial charge in [0.2, 0.25) is 0 Å². The first-order valence-corrected chi connectivity index (χ1v) is 19.9. The monoisotopic (exact) mass is 743 g/mol. The van der Waals surface area contributed by atoms with Crippen molar-refractivity contribution in [3.63, 3.8) is 0 Å². The van der Waals surface area contributed by atoms with Gasteiger partial charge in [0, 0.05) is 39.2 Å². The molecule has 0 spiro atoms. The Bertz CT molecular complexity index is 2730. The molecule has 276 valence electrons. The molecule has 1 aromatic heterocycles. The number of benzene rings is 8. The molecule has 0 N–H and O–H groups in total. The normalized spacial score (nSPS) is 12.4. The maximum atomic E-state index is 5.16. The van der Waals surface area contributed by atoms with Crippen molar-refractivity contribution in [2.75, 3.05) is 4.90 Å². The quantitative estimate of drug-likeness (QED) is 0.155. The Kier molecular flexibility index (Phi) is 8.84. The second kappa shape index (κ2) is 14.6. The summed E-state index contributed by atoms with van der Waals surface area (Å²) in [5.41, 5.74) is 18.0. The first-order valence-electron chi connectivity index (χ1n) is 19.9. The van der Waals surface area contributed by atoms with E-state index in [0.717, 1.165) is 51.0 Å². The molecule has 58 heavy (non-hydrogen) atoms. The number of anilines is 3. The van der Waals surface area contributed by atoms with E-state index >= 15 is 0 Å². The van der Waals surface area contributed by atoms with E-state index in [1.54, 1.807) is 0 Å². The smallest absolute Gasteiger partial charge is 0.160 e. The Balaban J connectivity index is 1.05. The lowest BCUT2D eigenvalue weighted by Crippen LogP contribution is -2.16. The van der Waals surface area contributed by atoms with Crippen LogP contribution in [0.5, 0.6) is 0 Å². The second-order valence-corrected chi connectivity index (χ2v) is 15.5. The molecule has 0 unspecified atom stereocenters. The second-order valence-electron chi connectivity index (χ2n) is 15.5. The van der Waals surface area contributed by atoms with Crippen LogP contribution in [0.1, 0.15) is 25.0 Å². The van der Waals surface area contributed by atoms with Gasteiger partial charge in [0.05, 0.1) is 11.4 Å². The first-order chi connectivity index (χ1) is 28.5. The number of aromatic nitrogens is 2.